The van der Waals surface area contributed by atoms with Crippen molar-refractivity contribution in [3.05, 3.63) is 71.3 Å². The van der Waals surface area contributed by atoms with Crippen molar-refractivity contribution in [3.8, 4) is 0 Å². The number of hydrogen-bond donors (Lipinski definition) is 0. The number of benzene rings is 2. The molecule has 2 aromatic rings. The van der Waals surface area contributed by atoms with E-state index >= 15 is 0 Å². The van der Waals surface area contributed by atoms with Crippen LogP contribution in [0.2, 0.25) is 0 Å². The van der Waals surface area contributed by atoms with E-state index in [2.05, 4.69) is 12.1 Å². The van der Waals surface area contributed by atoms with Gasteiger partial charge in [0.1, 0.15) is 24.8 Å². The van der Waals surface area contributed by atoms with Gasteiger partial charge in [-0.2, -0.15) is 0 Å². The zero-order valence-corrected chi connectivity index (χ0v) is 17.6. The molecule has 0 heterocycles. The van der Waals surface area contributed by atoms with Crippen molar-refractivity contribution < 1.29 is 18.4 Å². The van der Waals surface area contributed by atoms with Gasteiger partial charge in [0, 0.05) is 5.92 Å². The maximum Gasteiger partial charge on any atom is 0.123 e. The summed E-state index contributed by atoms with van der Waals surface area (Å²) < 4.78 is 33.9. The Morgan fingerprint density at radius 1 is 0.967 bits per heavy atom. The molecule has 0 radical (unpaired) electrons. The first-order valence-electron chi connectivity index (χ1n) is 10.8. The number of ether oxygens (including phenoxy) is 1. The Bertz CT molecular complexity index is 820. The van der Waals surface area contributed by atoms with E-state index in [1.807, 2.05) is 0 Å². The lowest BCUT2D eigenvalue weighted by Crippen LogP contribution is -2.40. The largest absolute Gasteiger partial charge is 0.399 e. The van der Waals surface area contributed by atoms with Crippen LogP contribution in [0.25, 0.3) is 0 Å². The predicted octanol–water partition coefficient (Wildman–Crippen LogP) is 6.29. The number of nitrogens with zero attached hydrogens (tertiary/aromatic N) is 1. The normalized spacial score (nSPS) is 26.2. The summed E-state index contributed by atoms with van der Waals surface area (Å²) in [6, 6.07) is 12.8. The predicted molar refractivity (Wildman–Crippen MR) is 113 cm³/mol. The minimum atomic E-state index is -0.392. The Labute approximate surface area is 177 Å². The summed E-state index contributed by atoms with van der Waals surface area (Å²) in [7, 11) is 1.59. The highest BCUT2D eigenvalue weighted by Gasteiger charge is 2.45. The number of fused-ring (bicyclic) bond motifs is 2. The lowest BCUT2D eigenvalue weighted by atomic mass is 9.74. The van der Waals surface area contributed by atoms with Crippen molar-refractivity contribution in [2.45, 2.75) is 51.2 Å². The summed E-state index contributed by atoms with van der Waals surface area (Å²) in [6.07, 6.45) is 5.02. The Morgan fingerprint density at radius 2 is 1.57 bits per heavy atom. The first kappa shape index (κ1) is 21.0. The van der Waals surface area contributed by atoms with Crippen LogP contribution in [0.3, 0.4) is 0 Å². The maximum atomic E-state index is 13.6. The van der Waals surface area contributed by atoms with Crippen LogP contribution < -0.4 is 0 Å². The molecule has 1 unspecified atom stereocenters. The van der Waals surface area contributed by atoms with Gasteiger partial charge in [0.05, 0.1) is 11.8 Å². The first-order valence-corrected chi connectivity index (χ1v) is 10.8. The molecule has 0 N–H and O–H groups in total. The third kappa shape index (κ3) is 4.41. The molecule has 2 saturated carbocycles. The third-order valence-corrected chi connectivity index (χ3v) is 6.67. The highest BCUT2D eigenvalue weighted by molar-refractivity contribution is 5.87. The average molecular weight is 414 g/mol. The highest BCUT2D eigenvalue weighted by Crippen LogP contribution is 2.49. The fraction of sp³-hybridized carbons (Fsp3) is 0.480. The fourth-order valence-corrected chi connectivity index (χ4v) is 5.34. The minimum Gasteiger partial charge on any atom is -0.399 e. The van der Waals surface area contributed by atoms with Gasteiger partial charge < -0.3 is 9.57 Å². The Morgan fingerprint density at radius 3 is 2.10 bits per heavy atom. The molecule has 30 heavy (non-hydrogen) atoms. The Balaban J connectivity index is 1.68. The van der Waals surface area contributed by atoms with E-state index in [1.165, 1.54) is 43.5 Å². The lowest BCUT2D eigenvalue weighted by molar-refractivity contribution is -0.0466. The summed E-state index contributed by atoms with van der Waals surface area (Å²) in [6.45, 7) is 2.10. The molecule has 0 amide bonds. The second kappa shape index (κ2) is 9.25. The number of hydrogen-bond acceptors (Lipinski definition) is 3. The highest BCUT2D eigenvalue weighted by atomic mass is 19.1. The standard InChI is InChI=1S/C25H29F2NO2/c1-3-22(28-29-2)24-19-5-4-16(14-19)15-23(24)30-25(17-6-10-20(26)11-7-17)18-8-12-21(27)13-9-18/h6-13,16,19,23-25H,3-5,14-15H2,1-2H3/t16?,19-,23-,24+/m1/s1. The summed E-state index contributed by atoms with van der Waals surface area (Å²) in [5.41, 5.74) is 2.77. The lowest BCUT2D eigenvalue weighted by Gasteiger charge is -2.39. The van der Waals surface area contributed by atoms with Crippen LogP contribution in [-0.2, 0) is 9.57 Å². The van der Waals surface area contributed by atoms with E-state index in [4.69, 9.17) is 9.57 Å². The van der Waals surface area contributed by atoms with Crippen LogP contribution in [0.5, 0.6) is 0 Å². The van der Waals surface area contributed by atoms with Crippen LogP contribution in [0.4, 0.5) is 8.78 Å². The molecule has 3 nitrogen and oxygen atoms in total. The zero-order valence-electron chi connectivity index (χ0n) is 17.6. The van der Waals surface area contributed by atoms with Gasteiger partial charge in [-0.15, -0.1) is 0 Å². The molecule has 2 bridgehead atoms. The van der Waals surface area contributed by atoms with Crippen LogP contribution >= 0.6 is 0 Å². The molecule has 160 valence electrons. The average Bonchev–Trinajstić information content (AvgIpc) is 3.14. The van der Waals surface area contributed by atoms with Gasteiger partial charge in [-0.1, -0.05) is 42.8 Å². The second-order valence-electron chi connectivity index (χ2n) is 8.48. The van der Waals surface area contributed by atoms with Crippen molar-refractivity contribution >= 4 is 5.71 Å². The van der Waals surface area contributed by atoms with Crippen molar-refractivity contribution in [3.63, 3.8) is 0 Å². The van der Waals surface area contributed by atoms with Crippen molar-refractivity contribution in [2.75, 3.05) is 7.11 Å². The molecular weight excluding hydrogens is 384 g/mol. The summed E-state index contributed by atoms with van der Waals surface area (Å²) >= 11 is 0. The number of oxime groups is 1. The van der Waals surface area contributed by atoms with Crippen LogP contribution in [0.1, 0.15) is 56.3 Å². The van der Waals surface area contributed by atoms with Crippen molar-refractivity contribution in [1.82, 2.24) is 0 Å². The van der Waals surface area contributed by atoms with Crippen LogP contribution in [0, 0.1) is 29.4 Å². The minimum absolute atomic E-state index is 0.00907. The van der Waals surface area contributed by atoms with Gasteiger partial charge >= 0.3 is 0 Å². The number of halogens is 2. The molecule has 5 heteroatoms. The van der Waals surface area contributed by atoms with Gasteiger partial charge in [0.15, 0.2) is 0 Å². The fourth-order valence-electron chi connectivity index (χ4n) is 5.34. The summed E-state index contributed by atoms with van der Waals surface area (Å²) in [5.74, 6) is 0.845. The van der Waals surface area contributed by atoms with Crippen LogP contribution in [0.15, 0.2) is 53.7 Å². The van der Waals surface area contributed by atoms with Crippen molar-refractivity contribution in [2.24, 2.45) is 22.9 Å². The van der Waals surface area contributed by atoms with E-state index in [-0.39, 0.29) is 23.7 Å². The SMILES string of the molecule is CCC(=NOC)[C@@H]1[C@@H]2CCC(C2)C[C@H]1OC(c1ccc(F)cc1)c1ccc(F)cc1. The molecule has 2 fully saturated rings. The van der Waals surface area contributed by atoms with E-state index < -0.39 is 6.10 Å². The molecule has 0 saturated heterocycles. The molecule has 2 aliphatic carbocycles. The number of rotatable bonds is 7. The molecule has 4 rings (SSSR count). The van der Waals surface area contributed by atoms with Crippen molar-refractivity contribution in [1.29, 1.82) is 0 Å². The maximum absolute atomic E-state index is 13.6. The second-order valence-corrected chi connectivity index (χ2v) is 8.48. The molecule has 2 aromatic carbocycles. The molecule has 4 atom stereocenters. The quantitative estimate of drug-likeness (QED) is 0.395. The van der Waals surface area contributed by atoms with E-state index in [9.17, 15) is 8.78 Å². The third-order valence-electron chi connectivity index (χ3n) is 6.67. The van der Waals surface area contributed by atoms with E-state index in [0.29, 0.717) is 11.8 Å². The zero-order chi connectivity index (χ0) is 21.1. The molecule has 0 spiro atoms. The van der Waals surface area contributed by atoms with Gasteiger partial charge in [0.2, 0.25) is 0 Å². The summed E-state index contributed by atoms with van der Waals surface area (Å²) in [4.78, 5) is 5.15. The monoisotopic (exact) mass is 413 g/mol. The van der Waals surface area contributed by atoms with Gasteiger partial charge in [0.25, 0.3) is 0 Å². The molecule has 0 aromatic heterocycles. The molecule has 2 aliphatic rings. The van der Waals surface area contributed by atoms with Gasteiger partial charge in [-0.25, -0.2) is 8.78 Å². The van der Waals surface area contributed by atoms with E-state index in [0.717, 1.165) is 29.7 Å². The smallest absolute Gasteiger partial charge is 0.123 e. The molecular formula is C25H29F2NO2. The van der Waals surface area contributed by atoms with Gasteiger partial charge in [-0.3, -0.25) is 0 Å². The molecule has 0 aliphatic heterocycles. The van der Waals surface area contributed by atoms with Crippen LogP contribution in [-0.4, -0.2) is 18.9 Å². The van der Waals surface area contributed by atoms with E-state index in [1.54, 1.807) is 31.4 Å². The first-order chi connectivity index (χ1) is 14.6. The van der Waals surface area contributed by atoms with Gasteiger partial charge in [-0.05, 0) is 72.9 Å². The Hall–Kier alpha value is -2.27. The topological polar surface area (TPSA) is 30.8 Å². The summed E-state index contributed by atoms with van der Waals surface area (Å²) in [5, 5.41) is 4.35. The Kier molecular flexibility index (Phi) is 6.47.